The molecule has 3 nitrogen and oxygen atoms in total. The Bertz CT molecular complexity index is 207. The Morgan fingerprint density at radius 3 is 2.62 bits per heavy atom. The molecule has 2 saturated heterocycles. The van der Waals surface area contributed by atoms with E-state index >= 15 is 0 Å². The average Bonchev–Trinajstić information content (AvgIpc) is 2.66. The van der Waals surface area contributed by atoms with Crippen LogP contribution in [-0.4, -0.2) is 54.6 Å². The maximum Gasteiger partial charge on any atom is 0.0221 e. The van der Waals surface area contributed by atoms with E-state index in [1.807, 2.05) is 0 Å². The highest BCUT2D eigenvalue weighted by atomic mass is 15.2. The Hall–Kier alpha value is -0.120. The van der Waals surface area contributed by atoms with Crippen molar-refractivity contribution in [2.45, 2.75) is 51.1 Å². The monoisotopic (exact) mass is 225 g/mol. The largest absolute Gasteiger partial charge is 0.329 e. The first-order valence-corrected chi connectivity index (χ1v) is 7.03. The number of rotatable bonds is 3. The predicted molar refractivity (Wildman–Crippen MR) is 68.5 cm³/mol. The predicted octanol–water partition coefficient (Wildman–Crippen LogP) is 1.28. The summed E-state index contributed by atoms with van der Waals surface area (Å²) in [5.74, 6) is 0. The molecule has 16 heavy (non-hydrogen) atoms. The lowest BCUT2D eigenvalue weighted by atomic mass is 10.1. The van der Waals surface area contributed by atoms with Gasteiger partial charge in [-0.2, -0.15) is 0 Å². The van der Waals surface area contributed by atoms with Crippen LogP contribution in [0.3, 0.4) is 0 Å². The van der Waals surface area contributed by atoms with E-state index in [4.69, 9.17) is 5.73 Å². The second-order valence-electron chi connectivity index (χ2n) is 5.29. The van der Waals surface area contributed by atoms with Gasteiger partial charge >= 0.3 is 0 Å². The molecule has 2 rings (SSSR count). The maximum atomic E-state index is 5.87. The van der Waals surface area contributed by atoms with Crippen LogP contribution in [0.5, 0.6) is 0 Å². The van der Waals surface area contributed by atoms with Crippen molar-refractivity contribution in [2.24, 2.45) is 5.73 Å². The summed E-state index contributed by atoms with van der Waals surface area (Å²) in [4.78, 5) is 5.30. The van der Waals surface area contributed by atoms with Crippen LogP contribution in [0.2, 0.25) is 0 Å². The van der Waals surface area contributed by atoms with E-state index in [-0.39, 0.29) is 0 Å². The summed E-state index contributed by atoms with van der Waals surface area (Å²) in [6, 6.07) is 1.49. The molecule has 0 aromatic rings. The third kappa shape index (κ3) is 2.76. The van der Waals surface area contributed by atoms with Crippen molar-refractivity contribution < 1.29 is 0 Å². The molecule has 0 saturated carbocycles. The van der Waals surface area contributed by atoms with Crippen molar-refractivity contribution in [2.75, 3.05) is 32.7 Å². The van der Waals surface area contributed by atoms with Crippen molar-refractivity contribution in [3.05, 3.63) is 0 Å². The summed E-state index contributed by atoms with van der Waals surface area (Å²) >= 11 is 0. The summed E-state index contributed by atoms with van der Waals surface area (Å²) in [5, 5.41) is 0. The number of hydrogen-bond donors (Lipinski definition) is 1. The van der Waals surface area contributed by atoms with Crippen LogP contribution < -0.4 is 5.73 Å². The number of hydrogen-bond acceptors (Lipinski definition) is 3. The third-order valence-electron chi connectivity index (χ3n) is 4.40. The van der Waals surface area contributed by atoms with Crippen molar-refractivity contribution in [3.63, 3.8) is 0 Å². The Balaban J connectivity index is 1.89. The quantitative estimate of drug-likeness (QED) is 0.785. The maximum absolute atomic E-state index is 5.87. The Labute approximate surface area is 100.0 Å². The Morgan fingerprint density at radius 1 is 1.06 bits per heavy atom. The molecule has 94 valence electrons. The fourth-order valence-corrected chi connectivity index (χ4v) is 3.38. The van der Waals surface area contributed by atoms with Gasteiger partial charge in [0.2, 0.25) is 0 Å². The highest BCUT2D eigenvalue weighted by molar-refractivity contribution is 4.87. The molecule has 2 unspecified atom stereocenters. The van der Waals surface area contributed by atoms with Gasteiger partial charge in [-0.3, -0.25) is 4.90 Å². The minimum atomic E-state index is 0.679. The lowest BCUT2D eigenvalue weighted by Crippen LogP contribution is -2.43. The molecule has 0 amide bonds. The van der Waals surface area contributed by atoms with Gasteiger partial charge in [-0.15, -0.1) is 0 Å². The summed E-state index contributed by atoms with van der Waals surface area (Å²) in [5.41, 5.74) is 5.87. The van der Waals surface area contributed by atoms with Gasteiger partial charge in [-0.25, -0.2) is 0 Å². The lowest BCUT2D eigenvalue weighted by molar-refractivity contribution is 0.165. The second kappa shape index (κ2) is 5.99. The van der Waals surface area contributed by atoms with Crippen LogP contribution >= 0.6 is 0 Å². The van der Waals surface area contributed by atoms with E-state index in [9.17, 15) is 0 Å². The van der Waals surface area contributed by atoms with Crippen LogP contribution in [0.4, 0.5) is 0 Å². The fraction of sp³-hybridized carbons (Fsp3) is 1.00. The van der Waals surface area contributed by atoms with Gasteiger partial charge in [-0.05, 0) is 58.3 Å². The van der Waals surface area contributed by atoms with Crippen LogP contribution in [0.15, 0.2) is 0 Å². The lowest BCUT2D eigenvalue weighted by Gasteiger charge is -2.32. The molecule has 3 heteroatoms. The molecule has 0 aromatic carbocycles. The molecule has 2 atom stereocenters. The zero-order valence-corrected chi connectivity index (χ0v) is 10.7. The standard InChI is InChI=1S/C13H27N3/c1-2-15-8-3-5-12(7-10-15)16-9-4-6-13(16)11-14/h12-13H,2-11,14H2,1H3. The van der Waals surface area contributed by atoms with Crippen LogP contribution in [-0.2, 0) is 0 Å². The highest BCUT2D eigenvalue weighted by Crippen LogP contribution is 2.25. The molecule has 2 N–H and O–H groups in total. The van der Waals surface area contributed by atoms with Crippen molar-refractivity contribution in [1.82, 2.24) is 9.80 Å². The molecule has 0 spiro atoms. The minimum Gasteiger partial charge on any atom is -0.329 e. The smallest absolute Gasteiger partial charge is 0.0221 e. The molecular formula is C13H27N3. The molecule has 0 radical (unpaired) electrons. The van der Waals surface area contributed by atoms with Gasteiger partial charge < -0.3 is 10.6 Å². The van der Waals surface area contributed by atoms with Crippen molar-refractivity contribution in [3.8, 4) is 0 Å². The minimum absolute atomic E-state index is 0.679. The molecular weight excluding hydrogens is 198 g/mol. The van der Waals surface area contributed by atoms with E-state index in [1.165, 1.54) is 58.3 Å². The summed E-state index contributed by atoms with van der Waals surface area (Å²) in [7, 11) is 0. The normalized spacial score (nSPS) is 34.1. The first-order chi connectivity index (χ1) is 7.85. The second-order valence-corrected chi connectivity index (χ2v) is 5.29. The van der Waals surface area contributed by atoms with E-state index in [0.717, 1.165) is 12.6 Å². The molecule has 2 heterocycles. The Morgan fingerprint density at radius 2 is 1.88 bits per heavy atom. The average molecular weight is 225 g/mol. The first kappa shape index (κ1) is 12.3. The van der Waals surface area contributed by atoms with E-state index in [1.54, 1.807) is 0 Å². The van der Waals surface area contributed by atoms with Crippen molar-refractivity contribution in [1.29, 1.82) is 0 Å². The molecule has 0 aliphatic carbocycles. The highest BCUT2D eigenvalue weighted by Gasteiger charge is 2.30. The zero-order chi connectivity index (χ0) is 11.4. The van der Waals surface area contributed by atoms with E-state index in [2.05, 4.69) is 16.7 Å². The van der Waals surface area contributed by atoms with E-state index in [0.29, 0.717) is 6.04 Å². The van der Waals surface area contributed by atoms with Gasteiger partial charge in [0.05, 0.1) is 0 Å². The van der Waals surface area contributed by atoms with Crippen LogP contribution in [0.25, 0.3) is 0 Å². The van der Waals surface area contributed by atoms with Crippen LogP contribution in [0, 0.1) is 0 Å². The fourth-order valence-electron chi connectivity index (χ4n) is 3.38. The third-order valence-corrected chi connectivity index (χ3v) is 4.40. The number of likely N-dealkylation sites (tertiary alicyclic amines) is 2. The number of nitrogens with two attached hydrogens (primary N) is 1. The topological polar surface area (TPSA) is 32.5 Å². The van der Waals surface area contributed by atoms with Crippen LogP contribution in [0.1, 0.15) is 39.0 Å². The molecule has 2 aliphatic rings. The summed E-state index contributed by atoms with van der Waals surface area (Å²) < 4.78 is 0. The van der Waals surface area contributed by atoms with Gasteiger partial charge in [0, 0.05) is 18.6 Å². The van der Waals surface area contributed by atoms with Gasteiger partial charge in [0.15, 0.2) is 0 Å². The Kier molecular flexibility index (Phi) is 4.62. The van der Waals surface area contributed by atoms with E-state index < -0.39 is 0 Å². The van der Waals surface area contributed by atoms with Crippen molar-refractivity contribution >= 4 is 0 Å². The zero-order valence-electron chi connectivity index (χ0n) is 10.7. The molecule has 2 aliphatic heterocycles. The molecule has 0 bridgehead atoms. The summed E-state index contributed by atoms with van der Waals surface area (Å²) in [6.45, 7) is 8.22. The number of nitrogens with zero attached hydrogens (tertiary/aromatic N) is 2. The van der Waals surface area contributed by atoms with Gasteiger partial charge in [0.1, 0.15) is 0 Å². The molecule has 0 aromatic heterocycles. The van der Waals surface area contributed by atoms with Gasteiger partial charge in [0.25, 0.3) is 0 Å². The summed E-state index contributed by atoms with van der Waals surface area (Å²) in [6.07, 6.45) is 6.78. The first-order valence-electron chi connectivity index (χ1n) is 7.03. The molecule has 2 fully saturated rings. The SMILES string of the molecule is CCN1CCCC(N2CCCC2CN)CC1. The van der Waals surface area contributed by atoms with Gasteiger partial charge in [-0.1, -0.05) is 6.92 Å².